The summed E-state index contributed by atoms with van der Waals surface area (Å²) in [7, 11) is 0. The zero-order chi connectivity index (χ0) is 9.26. The molecule has 0 saturated heterocycles. The molecule has 0 atom stereocenters. The third-order valence-electron chi connectivity index (χ3n) is 2.33. The largest absolute Gasteiger partial charge is 0.122 e. The van der Waals surface area contributed by atoms with Crippen LogP contribution in [0.1, 0.15) is 11.1 Å². The van der Waals surface area contributed by atoms with Crippen molar-refractivity contribution >= 4 is 17.2 Å². The highest BCUT2D eigenvalue weighted by molar-refractivity contribution is 6.19. The molecule has 1 aliphatic rings. The molecule has 13 heavy (non-hydrogen) atoms. The van der Waals surface area contributed by atoms with Crippen molar-refractivity contribution in [3.05, 3.63) is 53.6 Å². The Kier molecular flexibility index (Phi) is 2.24. The number of alkyl halides is 1. The Morgan fingerprint density at radius 3 is 2.85 bits per heavy atom. The van der Waals surface area contributed by atoms with Gasteiger partial charge in [0, 0.05) is 5.88 Å². The molecule has 1 aromatic rings. The molecule has 0 radical (unpaired) electrons. The Balaban J connectivity index is 2.46. The maximum Gasteiger partial charge on any atom is 0.0440 e. The van der Waals surface area contributed by atoms with Crippen molar-refractivity contribution in [2.45, 2.75) is 6.42 Å². The lowest BCUT2D eigenvalue weighted by Gasteiger charge is -2.16. The molecule has 0 fully saturated rings. The number of fused-ring (bicyclic) bond motifs is 1. The summed E-state index contributed by atoms with van der Waals surface area (Å²) in [4.78, 5) is 0. The Bertz CT molecular complexity index is 374. The molecule has 2 rings (SSSR count). The van der Waals surface area contributed by atoms with Crippen molar-refractivity contribution in [1.82, 2.24) is 0 Å². The van der Waals surface area contributed by atoms with Crippen LogP contribution in [-0.4, -0.2) is 5.88 Å². The number of halogens is 1. The highest BCUT2D eigenvalue weighted by Crippen LogP contribution is 2.28. The Morgan fingerprint density at radius 2 is 2.08 bits per heavy atom. The maximum atomic E-state index is 5.80. The minimum absolute atomic E-state index is 0.605. The highest BCUT2D eigenvalue weighted by Gasteiger charge is 2.11. The molecule has 1 aliphatic carbocycles. The zero-order valence-electron chi connectivity index (χ0n) is 7.39. The molecule has 0 aromatic heterocycles. The summed E-state index contributed by atoms with van der Waals surface area (Å²) in [6.45, 7) is 4.02. The first-order valence-corrected chi connectivity index (χ1v) is 4.87. The molecule has 0 saturated carbocycles. The maximum absolute atomic E-state index is 5.80. The van der Waals surface area contributed by atoms with Crippen LogP contribution in [0.15, 0.2) is 42.5 Å². The average molecular weight is 191 g/mol. The summed E-state index contributed by atoms with van der Waals surface area (Å²) >= 11 is 5.80. The van der Waals surface area contributed by atoms with Gasteiger partial charge >= 0.3 is 0 Å². The van der Waals surface area contributed by atoms with Gasteiger partial charge in [0.1, 0.15) is 0 Å². The van der Waals surface area contributed by atoms with Crippen LogP contribution in [-0.2, 0) is 6.42 Å². The number of rotatable bonds is 1. The number of benzene rings is 1. The lowest BCUT2D eigenvalue weighted by Crippen LogP contribution is -2.02. The first kappa shape index (κ1) is 8.58. The summed E-state index contributed by atoms with van der Waals surface area (Å²) in [6, 6.07) is 8.35. The summed E-state index contributed by atoms with van der Waals surface area (Å²) in [5, 5.41) is 0. The molecule has 0 aliphatic heterocycles. The lowest BCUT2D eigenvalue weighted by molar-refractivity contribution is 1.12. The van der Waals surface area contributed by atoms with Gasteiger partial charge in [-0.15, -0.1) is 11.6 Å². The van der Waals surface area contributed by atoms with Gasteiger partial charge in [0.05, 0.1) is 0 Å². The Morgan fingerprint density at radius 1 is 1.31 bits per heavy atom. The SMILES string of the molecule is C=C1C=C(CCl)Cc2ccccc21. The minimum Gasteiger partial charge on any atom is -0.122 e. The molecular weight excluding hydrogens is 180 g/mol. The highest BCUT2D eigenvalue weighted by atomic mass is 35.5. The number of allylic oxidation sites excluding steroid dienone is 3. The van der Waals surface area contributed by atoms with E-state index in [0.717, 1.165) is 12.0 Å². The van der Waals surface area contributed by atoms with Gasteiger partial charge in [0.2, 0.25) is 0 Å². The van der Waals surface area contributed by atoms with Crippen LogP contribution in [0.4, 0.5) is 0 Å². The quantitative estimate of drug-likeness (QED) is 0.596. The molecule has 1 aromatic carbocycles. The third kappa shape index (κ3) is 1.54. The van der Waals surface area contributed by atoms with Crippen molar-refractivity contribution in [2.24, 2.45) is 0 Å². The second kappa shape index (κ2) is 3.39. The fourth-order valence-electron chi connectivity index (χ4n) is 1.69. The molecule has 0 N–H and O–H groups in total. The molecule has 0 unspecified atom stereocenters. The second-order valence-corrected chi connectivity index (χ2v) is 3.56. The predicted molar refractivity (Wildman–Crippen MR) is 58.0 cm³/mol. The van der Waals surface area contributed by atoms with Crippen molar-refractivity contribution in [1.29, 1.82) is 0 Å². The van der Waals surface area contributed by atoms with Crippen molar-refractivity contribution < 1.29 is 0 Å². The fraction of sp³-hybridized carbons (Fsp3) is 0.167. The minimum atomic E-state index is 0.605. The molecule has 0 nitrogen and oxygen atoms in total. The Labute approximate surface area is 83.5 Å². The summed E-state index contributed by atoms with van der Waals surface area (Å²) in [5.41, 5.74) is 4.94. The van der Waals surface area contributed by atoms with E-state index in [2.05, 4.69) is 30.9 Å². The number of hydrogen-bond donors (Lipinski definition) is 0. The van der Waals surface area contributed by atoms with Crippen LogP contribution in [0, 0.1) is 0 Å². The van der Waals surface area contributed by atoms with Gasteiger partial charge < -0.3 is 0 Å². The van der Waals surface area contributed by atoms with E-state index in [9.17, 15) is 0 Å². The normalized spacial score (nSPS) is 15.2. The molecule has 66 valence electrons. The number of hydrogen-bond acceptors (Lipinski definition) is 0. The molecule has 0 bridgehead atoms. The molecular formula is C12H11Cl. The predicted octanol–water partition coefficient (Wildman–Crippen LogP) is 3.42. The molecule has 0 spiro atoms. The summed E-state index contributed by atoms with van der Waals surface area (Å²) in [6.07, 6.45) is 3.06. The van der Waals surface area contributed by atoms with E-state index in [1.807, 2.05) is 6.07 Å². The molecule has 1 heteroatoms. The van der Waals surface area contributed by atoms with E-state index < -0.39 is 0 Å². The van der Waals surface area contributed by atoms with E-state index in [0.29, 0.717) is 5.88 Å². The van der Waals surface area contributed by atoms with Crippen LogP contribution in [0.3, 0.4) is 0 Å². The fourth-order valence-corrected chi connectivity index (χ4v) is 1.86. The van der Waals surface area contributed by atoms with Crippen LogP contribution in [0.25, 0.3) is 5.57 Å². The van der Waals surface area contributed by atoms with E-state index in [1.54, 1.807) is 0 Å². The zero-order valence-corrected chi connectivity index (χ0v) is 8.14. The smallest absolute Gasteiger partial charge is 0.0440 e. The molecule has 0 heterocycles. The van der Waals surface area contributed by atoms with Crippen molar-refractivity contribution in [3.8, 4) is 0 Å². The van der Waals surface area contributed by atoms with E-state index in [1.165, 1.54) is 16.7 Å². The van der Waals surface area contributed by atoms with Gasteiger partial charge in [0.15, 0.2) is 0 Å². The second-order valence-electron chi connectivity index (χ2n) is 3.30. The van der Waals surface area contributed by atoms with Crippen LogP contribution in [0.2, 0.25) is 0 Å². The average Bonchev–Trinajstić information content (AvgIpc) is 2.18. The van der Waals surface area contributed by atoms with E-state index in [4.69, 9.17) is 11.6 Å². The van der Waals surface area contributed by atoms with E-state index >= 15 is 0 Å². The van der Waals surface area contributed by atoms with Gasteiger partial charge in [-0.25, -0.2) is 0 Å². The Hall–Kier alpha value is -1.01. The van der Waals surface area contributed by atoms with Crippen LogP contribution < -0.4 is 0 Å². The standard InChI is InChI=1S/C12H11Cl/c1-9-6-10(8-13)7-11-4-2-3-5-12(9)11/h2-6H,1,7-8H2. The van der Waals surface area contributed by atoms with Crippen molar-refractivity contribution in [3.63, 3.8) is 0 Å². The monoisotopic (exact) mass is 190 g/mol. The molecule has 0 amide bonds. The van der Waals surface area contributed by atoms with Crippen molar-refractivity contribution in [2.75, 3.05) is 5.88 Å². The topological polar surface area (TPSA) is 0 Å². The first-order valence-electron chi connectivity index (χ1n) is 4.34. The van der Waals surface area contributed by atoms with E-state index in [-0.39, 0.29) is 0 Å². The van der Waals surface area contributed by atoms with Crippen LogP contribution in [0.5, 0.6) is 0 Å². The summed E-state index contributed by atoms with van der Waals surface area (Å²) in [5.74, 6) is 0.605. The lowest BCUT2D eigenvalue weighted by atomic mass is 9.89. The van der Waals surface area contributed by atoms with Gasteiger partial charge in [0.25, 0.3) is 0 Å². The first-order chi connectivity index (χ1) is 6.31. The van der Waals surface area contributed by atoms with Gasteiger partial charge in [-0.05, 0) is 23.1 Å². The van der Waals surface area contributed by atoms with Gasteiger partial charge in [-0.2, -0.15) is 0 Å². The van der Waals surface area contributed by atoms with Gasteiger partial charge in [-0.3, -0.25) is 0 Å². The summed E-state index contributed by atoms with van der Waals surface area (Å²) < 4.78 is 0. The van der Waals surface area contributed by atoms with Gasteiger partial charge in [-0.1, -0.05) is 42.5 Å². The third-order valence-corrected chi connectivity index (χ3v) is 2.67. The van der Waals surface area contributed by atoms with Crippen LogP contribution >= 0.6 is 11.6 Å².